The molecule has 0 saturated carbocycles. The molecular weight excluding hydrogens is 314 g/mol. The summed E-state index contributed by atoms with van der Waals surface area (Å²) in [6.07, 6.45) is 2.23. The van der Waals surface area contributed by atoms with Gasteiger partial charge < -0.3 is 5.32 Å². The molecule has 1 N–H and O–H groups in total. The number of nitrogens with one attached hydrogen (secondary N) is 1. The standard InChI is InChI=1S/C17H26BrNO/c1-12-9-13(2)15(14(3)10-12)16(20)19-11-17(4,5)7-6-8-18/h9-10H,6-8,11H2,1-5H3,(H,19,20). The monoisotopic (exact) mass is 339 g/mol. The van der Waals surface area contributed by atoms with E-state index >= 15 is 0 Å². The van der Waals surface area contributed by atoms with Gasteiger partial charge in [-0.15, -0.1) is 0 Å². The zero-order valence-electron chi connectivity index (χ0n) is 13.3. The molecule has 0 spiro atoms. The van der Waals surface area contributed by atoms with Crippen LogP contribution < -0.4 is 5.32 Å². The van der Waals surface area contributed by atoms with Crippen LogP contribution in [0.5, 0.6) is 0 Å². The molecular formula is C17H26BrNO. The third-order valence-corrected chi connectivity index (χ3v) is 4.18. The Morgan fingerprint density at radius 3 is 2.25 bits per heavy atom. The van der Waals surface area contributed by atoms with Gasteiger partial charge in [0, 0.05) is 17.4 Å². The number of hydrogen-bond donors (Lipinski definition) is 1. The third-order valence-electron chi connectivity index (χ3n) is 3.62. The molecule has 0 aliphatic heterocycles. The van der Waals surface area contributed by atoms with Crippen LogP contribution in [0.4, 0.5) is 0 Å². The van der Waals surface area contributed by atoms with E-state index in [0.29, 0.717) is 6.54 Å². The number of alkyl halides is 1. The van der Waals surface area contributed by atoms with Crippen molar-refractivity contribution in [2.75, 3.05) is 11.9 Å². The van der Waals surface area contributed by atoms with E-state index in [1.165, 1.54) is 5.56 Å². The Bertz CT molecular complexity index is 457. The molecule has 3 heteroatoms. The average Bonchev–Trinajstić information content (AvgIpc) is 2.33. The molecule has 1 amide bonds. The Kier molecular flexibility index (Phi) is 6.25. The first-order valence-electron chi connectivity index (χ1n) is 7.19. The maximum Gasteiger partial charge on any atom is 0.251 e. The lowest BCUT2D eigenvalue weighted by atomic mass is 9.88. The molecule has 1 aromatic rings. The number of amides is 1. The number of carbonyl (C=O) groups is 1. The summed E-state index contributed by atoms with van der Waals surface area (Å²) in [6.45, 7) is 11.2. The van der Waals surface area contributed by atoms with E-state index in [2.05, 4.69) is 54.2 Å². The number of aryl methyl sites for hydroxylation is 3. The minimum atomic E-state index is 0.0481. The van der Waals surface area contributed by atoms with Gasteiger partial charge in [0.1, 0.15) is 0 Å². The Labute approximate surface area is 131 Å². The molecule has 0 aliphatic rings. The largest absolute Gasteiger partial charge is 0.351 e. The fraction of sp³-hybridized carbons (Fsp3) is 0.588. The number of benzene rings is 1. The SMILES string of the molecule is Cc1cc(C)c(C(=O)NCC(C)(C)CCCBr)c(C)c1. The fourth-order valence-corrected chi connectivity index (χ4v) is 2.86. The van der Waals surface area contributed by atoms with Gasteiger partial charge in [-0.1, -0.05) is 47.5 Å². The van der Waals surface area contributed by atoms with Crippen LogP contribution in [-0.4, -0.2) is 17.8 Å². The molecule has 0 aliphatic carbocycles. The van der Waals surface area contributed by atoms with Crippen LogP contribution in [0.15, 0.2) is 12.1 Å². The highest BCUT2D eigenvalue weighted by Crippen LogP contribution is 2.22. The molecule has 0 atom stereocenters. The lowest BCUT2D eigenvalue weighted by Crippen LogP contribution is -2.34. The molecule has 0 unspecified atom stereocenters. The van der Waals surface area contributed by atoms with Gasteiger partial charge in [-0.25, -0.2) is 0 Å². The van der Waals surface area contributed by atoms with Crippen molar-refractivity contribution in [3.63, 3.8) is 0 Å². The van der Waals surface area contributed by atoms with Crippen LogP contribution in [0.25, 0.3) is 0 Å². The van der Waals surface area contributed by atoms with Gasteiger partial charge in [-0.2, -0.15) is 0 Å². The fourth-order valence-electron chi connectivity index (χ4n) is 2.58. The second kappa shape index (κ2) is 7.26. The van der Waals surface area contributed by atoms with Crippen LogP contribution in [0.1, 0.15) is 53.7 Å². The number of rotatable bonds is 6. The first kappa shape index (κ1) is 17.2. The highest BCUT2D eigenvalue weighted by atomic mass is 79.9. The van der Waals surface area contributed by atoms with Crippen LogP contribution in [0, 0.1) is 26.2 Å². The summed E-state index contributed by atoms with van der Waals surface area (Å²) in [5, 5.41) is 4.11. The normalized spacial score (nSPS) is 11.5. The second-order valence-electron chi connectivity index (χ2n) is 6.41. The van der Waals surface area contributed by atoms with Crippen molar-refractivity contribution in [1.29, 1.82) is 0 Å². The summed E-state index contributed by atoms with van der Waals surface area (Å²) in [7, 11) is 0. The van der Waals surface area contributed by atoms with Crippen LogP contribution in [0.3, 0.4) is 0 Å². The molecule has 0 saturated heterocycles. The van der Waals surface area contributed by atoms with Gasteiger partial charge >= 0.3 is 0 Å². The van der Waals surface area contributed by atoms with Gasteiger partial charge in [-0.05, 0) is 50.2 Å². The summed E-state index contributed by atoms with van der Waals surface area (Å²) in [5.41, 5.74) is 4.27. The molecule has 0 bridgehead atoms. The van der Waals surface area contributed by atoms with Crippen molar-refractivity contribution >= 4 is 21.8 Å². The van der Waals surface area contributed by atoms with E-state index in [0.717, 1.165) is 34.9 Å². The first-order valence-corrected chi connectivity index (χ1v) is 8.31. The molecule has 0 fully saturated rings. The van der Waals surface area contributed by atoms with Crippen molar-refractivity contribution in [2.24, 2.45) is 5.41 Å². The predicted octanol–water partition coefficient (Wildman–Crippen LogP) is 4.54. The quantitative estimate of drug-likeness (QED) is 0.757. The van der Waals surface area contributed by atoms with Gasteiger partial charge in [0.2, 0.25) is 0 Å². The Hall–Kier alpha value is -0.830. The van der Waals surface area contributed by atoms with Crippen molar-refractivity contribution in [2.45, 2.75) is 47.5 Å². The van der Waals surface area contributed by atoms with E-state index in [4.69, 9.17) is 0 Å². The molecule has 112 valence electrons. The maximum atomic E-state index is 12.4. The van der Waals surface area contributed by atoms with Crippen LogP contribution >= 0.6 is 15.9 Å². The van der Waals surface area contributed by atoms with E-state index in [9.17, 15) is 4.79 Å². The minimum Gasteiger partial charge on any atom is -0.351 e. The van der Waals surface area contributed by atoms with Crippen LogP contribution in [0.2, 0.25) is 0 Å². The summed E-state index contributed by atoms with van der Waals surface area (Å²) in [5.74, 6) is 0.0481. The van der Waals surface area contributed by atoms with Crippen molar-refractivity contribution in [3.8, 4) is 0 Å². The first-order chi connectivity index (χ1) is 9.26. The van der Waals surface area contributed by atoms with Crippen LogP contribution in [-0.2, 0) is 0 Å². The Morgan fingerprint density at radius 1 is 1.20 bits per heavy atom. The molecule has 0 aromatic heterocycles. The average molecular weight is 340 g/mol. The molecule has 0 radical (unpaired) electrons. The molecule has 20 heavy (non-hydrogen) atoms. The lowest BCUT2D eigenvalue weighted by Gasteiger charge is -2.25. The van der Waals surface area contributed by atoms with Gasteiger partial charge in [-0.3, -0.25) is 4.79 Å². The summed E-state index contributed by atoms with van der Waals surface area (Å²) in [6, 6.07) is 4.13. The van der Waals surface area contributed by atoms with E-state index in [-0.39, 0.29) is 11.3 Å². The summed E-state index contributed by atoms with van der Waals surface area (Å²) >= 11 is 3.46. The zero-order valence-corrected chi connectivity index (χ0v) is 14.9. The van der Waals surface area contributed by atoms with Crippen molar-refractivity contribution in [3.05, 3.63) is 34.4 Å². The second-order valence-corrected chi connectivity index (χ2v) is 7.21. The summed E-state index contributed by atoms with van der Waals surface area (Å²) < 4.78 is 0. The Morgan fingerprint density at radius 2 is 1.75 bits per heavy atom. The number of halogens is 1. The molecule has 2 nitrogen and oxygen atoms in total. The highest BCUT2D eigenvalue weighted by Gasteiger charge is 2.20. The Balaban J connectivity index is 2.73. The van der Waals surface area contributed by atoms with E-state index in [1.807, 2.05) is 13.8 Å². The summed E-state index contributed by atoms with van der Waals surface area (Å²) in [4.78, 5) is 12.4. The minimum absolute atomic E-state index is 0.0481. The van der Waals surface area contributed by atoms with E-state index in [1.54, 1.807) is 0 Å². The molecule has 0 heterocycles. The van der Waals surface area contributed by atoms with Gasteiger partial charge in [0.15, 0.2) is 0 Å². The molecule has 1 aromatic carbocycles. The van der Waals surface area contributed by atoms with Gasteiger partial charge in [0.05, 0.1) is 0 Å². The highest BCUT2D eigenvalue weighted by molar-refractivity contribution is 9.09. The topological polar surface area (TPSA) is 29.1 Å². The number of hydrogen-bond acceptors (Lipinski definition) is 1. The van der Waals surface area contributed by atoms with Gasteiger partial charge in [0.25, 0.3) is 5.91 Å². The lowest BCUT2D eigenvalue weighted by molar-refractivity contribution is 0.0933. The van der Waals surface area contributed by atoms with Crippen molar-refractivity contribution < 1.29 is 4.79 Å². The smallest absolute Gasteiger partial charge is 0.251 e. The predicted molar refractivity (Wildman–Crippen MR) is 89.8 cm³/mol. The van der Waals surface area contributed by atoms with Crippen molar-refractivity contribution in [1.82, 2.24) is 5.32 Å². The van der Waals surface area contributed by atoms with E-state index < -0.39 is 0 Å². The number of carbonyl (C=O) groups excluding carboxylic acids is 1. The molecule has 1 rings (SSSR count). The maximum absolute atomic E-state index is 12.4. The third kappa shape index (κ3) is 4.93. The zero-order chi connectivity index (χ0) is 15.3.